The van der Waals surface area contributed by atoms with Crippen molar-refractivity contribution < 1.29 is 56.7 Å². The number of rotatable bonds is 20. The fourth-order valence-corrected chi connectivity index (χ4v) is 7.29. The molecule has 17 heteroatoms. The summed E-state index contributed by atoms with van der Waals surface area (Å²) in [6.45, 7) is 0.321. The number of nitrogens with zero attached hydrogens (tertiary/aromatic N) is 1. The van der Waals surface area contributed by atoms with E-state index in [1.54, 1.807) is 55.2 Å². The fraction of sp³-hybridized carbons (Fsp3) is 0.304. The second-order valence-electron chi connectivity index (χ2n) is 14.0. The number of benzene rings is 4. The highest BCUT2D eigenvalue weighted by atomic mass is 16.6. The maximum atomic E-state index is 14.7. The van der Waals surface area contributed by atoms with Gasteiger partial charge in [0.15, 0.2) is 34.5 Å². The van der Waals surface area contributed by atoms with E-state index in [1.807, 2.05) is 42.5 Å². The van der Waals surface area contributed by atoms with Crippen molar-refractivity contribution in [2.24, 2.45) is 0 Å². The third-order valence-electron chi connectivity index (χ3n) is 10.4. The number of methoxy groups -OCH3 is 7. The maximum absolute atomic E-state index is 14.7. The molecule has 0 radical (unpaired) electrons. The number of aromatic nitrogens is 1. The summed E-state index contributed by atoms with van der Waals surface area (Å²) in [6, 6.07) is 22.1. The standard InChI is InChI=1S/C46H50N4O13/c1-55-32-17-15-27(22-35(32)57-3)19-21-50-41(43(51)49-47-20-11-14-31(44(52)61-7)48-46(54)62-26-28-12-9-8-10-13-28)39(29-16-18-33(56-2)36(23-29)58-4)40-30-24-37(59-5)38(60-6)25-34(30)63-45(53)42(40)50/h8-10,12-13,15-18,22-25,31,47H,11,14,19-21,26H2,1-7H3,(H,48,54)(H,49,51)/t31-/m0/s1. The predicted molar refractivity (Wildman–Crippen MR) is 233 cm³/mol. The van der Waals surface area contributed by atoms with Crippen LogP contribution in [0.15, 0.2) is 88.1 Å². The molecule has 3 N–H and O–H groups in total. The number of hydrazine groups is 1. The number of hydrogen-bond acceptors (Lipinski definition) is 14. The second-order valence-corrected chi connectivity index (χ2v) is 14.0. The Hall–Kier alpha value is -7.40. The van der Waals surface area contributed by atoms with Crippen molar-refractivity contribution in [2.75, 3.05) is 56.3 Å². The van der Waals surface area contributed by atoms with E-state index >= 15 is 0 Å². The minimum Gasteiger partial charge on any atom is -0.493 e. The van der Waals surface area contributed by atoms with Crippen molar-refractivity contribution in [3.8, 4) is 45.6 Å². The highest BCUT2D eigenvalue weighted by Crippen LogP contribution is 2.43. The Kier molecular flexibility index (Phi) is 15.0. The predicted octanol–water partition coefficient (Wildman–Crippen LogP) is 6.19. The molecule has 0 aliphatic rings. The van der Waals surface area contributed by atoms with E-state index in [0.717, 1.165) is 11.1 Å². The summed E-state index contributed by atoms with van der Waals surface area (Å²) in [4.78, 5) is 54.3. The van der Waals surface area contributed by atoms with Crippen molar-refractivity contribution in [3.05, 3.63) is 106 Å². The summed E-state index contributed by atoms with van der Waals surface area (Å²) in [5, 5.41) is 3.45. The molecule has 0 unspecified atom stereocenters. The van der Waals surface area contributed by atoms with Crippen LogP contribution in [0.5, 0.6) is 34.5 Å². The Morgan fingerprint density at radius 1 is 0.714 bits per heavy atom. The Morgan fingerprint density at radius 2 is 1.35 bits per heavy atom. The van der Waals surface area contributed by atoms with Crippen LogP contribution < -0.4 is 50.2 Å². The molecule has 0 aliphatic heterocycles. The number of ether oxygens (including phenoxy) is 8. The van der Waals surface area contributed by atoms with Crippen molar-refractivity contribution in [2.45, 2.75) is 38.5 Å². The van der Waals surface area contributed by atoms with Gasteiger partial charge in [0, 0.05) is 35.5 Å². The number of nitrogens with one attached hydrogen (secondary N) is 3. The molecule has 0 bridgehead atoms. The van der Waals surface area contributed by atoms with E-state index in [2.05, 4.69) is 16.2 Å². The van der Waals surface area contributed by atoms with Gasteiger partial charge < -0.3 is 52.2 Å². The van der Waals surface area contributed by atoms with E-state index in [9.17, 15) is 19.2 Å². The molecule has 0 aliphatic carbocycles. The zero-order valence-electron chi connectivity index (χ0n) is 36.1. The quantitative estimate of drug-likeness (QED) is 0.0340. The molecule has 4 aromatic carbocycles. The van der Waals surface area contributed by atoms with E-state index < -0.39 is 29.6 Å². The van der Waals surface area contributed by atoms with Gasteiger partial charge >= 0.3 is 17.7 Å². The fourth-order valence-electron chi connectivity index (χ4n) is 7.29. The van der Waals surface area contributed by atoms with Crippen molar-refractivity contribution in [1.82, 2.24) is 20.7 Å². The molecule has 63 heavy (non-hydrogen) atoms. The lowest BCUT2D eigenvalue weighted by Gasteiger charge is -2.17. The number of aryl methyl sites for hydroxylation is 2. The summed E-state index contributed by atoms with van der Waals surface area (Å²) < 4.78 is 51.2. The van der Waals surface area contributed by atoms with Crippen LogP contribution in [0.3, 0.4) is 0 Å². The van der Waals surface area contributed by atoms with Crippen LogP contribution in [0.25, 0.3) is 33.0 Å². The van der Waals surface area contributed by atoms with Crippen LogP contribution in [-0.2, 0) is 33.8 Å². The van der Waals surface area contributed by atoms with Crippen LogP contribution in [-0.4, -0.2) is 84.9 Å². The van der Waals surface area contributed by atoms with Gasteiger partial charge in [-0.2, -0.15) is 0 Å². The first kappa shape index (κ1) is 45.1. The third kappa shape index (κ3) is 10.1. The summed E-state index contributed by atoms with van der Waals surface area (Å²) in [5.41, 5.74) is 8.02. The van der Waals surface area contributed by atoms with Gasteiger partial charge in [-0.3, -0.25) is 10.2 Å². The lowest BCUT2D eigenvalue weighted by atomic mass is 9.98. The molecular formula is C46H50N4O13. The molecular weight excluding hydrogens is 817 g/mol. The summed E-state index contributed by atoms with van der Waals surface area (Å²) in [5.74, 6) is 1.35. The maximum Gasteiger partial charge on any atom is 0.408 e. The Balaban J connectivity index is 1.38. The molecule has 0 fully saturated rings. The van der Waals surface area contributed by atoms with Crippen LogP contribution in [0.2, 0.25) is 0 Å². The molecule has 0 saturated carbocycles. The van der Waals surface area contributed by atoms with Crippen LogP contribution >= 0.6 is 0 Å². The normalized spacial score (nSPS) is 11.4. The molecule has 6 aromatic rings. The van der Waals surface area contributed by atoms with E-state index in [-0.39, 0.29) is 42.9 Å². The monoisotopic (exact) mass is 866 g/mol. The van der Waals surface area contributed by atoms with Gasteiger partial charge in [0.25, 0.3) is 5.91 Å². The minimum atomic E-state index is -1.02. The van der Waals surface area contributed by atoms with Crippen LogP contribution in [0.4, 0.5) is 4.79 Å². The molecule has 2 heterocycles. The number of hydrogen-bond donors (Lipinski definition) is 3. The topological polar surface area (TPSA) is 196 Å². The van der Waals surface area contributed by atoms with E-state index in [0.29, 0.717) is 69.2 Å². The number of alkyl carbamates (subject to hydrolysis) is 1. The lowest BCUT2D eigenvalue weighted by Crippen LogP contribution is -2.43. The average Bonchev–Trinajstić information content (AvgIpc) is 3.67. The molecule has 332 valence electrons. The van der Waals surface area contributed by atoms with Gasteiger partial charge in [0.2, 0.25) is 0 Å². The highest BCUT2D eigenvalue weighted by Gasteiger charge is 2.30. The number of amides is 2. The first-order chi connectivity index (χ1) is 30.6. The van der Waals surface area contributed by atoms with Gasteiger partial charge in [-0.1, -0.05) is 42.5 Å². The van der Waals surface area contributed by atoms with Crippen LogP contribution in [0, 0.1) is 0 Å². The molecule has 0 spiro atoms. The Bertz CT molecular complexity index is 2640. The van der Waals surface area contributed by atoms with Crippen molar-refractivity contribution in [3.63, 3.8) is 0 Å². The van der Waals surface area contributed by atoms with Crippen molar-refractivity contribution >= 4 is 39.8 Å². The van der Waals surface area contributed by atoms with E-state index in [4.69, 9.17) is 42.3 Å². The van der Waals surface area contributed by atoms with Gasteiger partial charge in [-0.25, -0.2) is 19.8 Å². The summed E-state index contributed by atoms with van der Waals surface area (Å²) in [6.07, 6.45) is 0.0194. The first-order valence-corrected chi connectivity index (χ1v) is 19.9. The first-order valence-electron chi connectivity index (χ1n) is 19.9. The summed E-state index contributed by atoms with van der Waals surface area (Å²) >= 11 is 0. The molecule has 2 aromatic heterocycles. The van der Waals surface area contributed by atoms with Gasteiger partial charge in [0.05, 0.1) is 49.8 Å². The van der Waals surface area contributed by atoms with Crippen molar-refractivity contribution in [1.29, 1.82) is 0 Å². The minimum absolute atomic E-state index is 0.0178. The Morgan fingerprint density at radius 3 is 2.02 bits per heavy atom. The molecule has 6 rings (SSSR count). The number of carbonyl (C=O) groups excluding carboxylic acids is 3. The number of fused-ring (bicyclic) bond motifs is 3. The largest absolute Gasteiger partial charge is 0.493 e. The lowest BCUT2D eigenvalue weighted by molar-refractivity contribution is -0.143. The molecule has 17 nitrogen and oxygen atoms in total. The Labute approximate surface area is 363 Å². The van der Waals surface area contributed by atoms with Crippen LogP contribution in [0.1, 0.15) is 34.5 Å². The molecule has 0 saturated heterocycles. The smallest absolute Gasteiger partial charge is 0.408 e. The second kappa shape index (κ2) is 20.9. The van der Waals surface area contributed by atoms with Gasteiger partial charge in [-0.15, -0.1) is 0 Å². The third-order valence-corrected chi connectivity index (χ3v) is 10.4. The molecule has 2 amide bonds. The van der Waals surface area contributed by atoms with E-state index in [1.165, 1.54) is 35.5 Å². The summed E-state index contributed by atoms with van der Waals surface area (Å²) in [7, 11) is 10.3. The zero-order valence-corrected chi connectivity index (χ0v) is 36.1. The zero-order chi connectivity index (χ0) is 45.0. The SMILES string of the molecule is COC(=O)[C@H](CCCNNC(=O)c1c(-c2ccc(OC)c(OC)c2)c2c3cc(OC)c(OC)cc3oc(=O)c2n1CCc1ccc(OC)c(OC)c1)NC(=O)OCc1ccccc1. The average molecular weight is 867 g/mol. The number of esters is 1. The van der Waals surface area contributed by atoms with Gasteiger partial charge in [-0.05, 0) is 66.3 Å². The highest BCUT2D eigenvalue weighted by molar-refractivity contribution is 6.18. The van der Waals surface area contributed by atoms with Gasteiger partial charge in [0.1, 0.15) is 29.4 Å². The number of carbonyl (C=O) groups is 3. The molecule has 1 atom stereocenters.